The second-order valence-corrected chi connectivity index (χ2v) is 6.29. The predicted molar refractivity (Wildman–Crippen MR) is 72.5 cm³/mol. The highest BCUT2D eigenvalue weighted by molar-refractivity contribution is 5.83. The average Bonchev–Trinajstić information content (AvgIpc) is 2.71. The second-order valence-electron chi connectivity index (χ2n) is 6.29. The van der Waals surface area contributed by atoms with E-state index in [-0.39, 0.29) is 17.2 Å². The van der Waals surface area contributed by atoms with Gasteiger partial charge in [0.1, 0.15) is 5.82 Å². The molecule has 0 atom stereocenters. The molecular formula is C14H23N3O. The third kappa shape index (κ3) is 2.57. The van der Waals surface area contributed by atoms with Crippen molar-refractivity contribution in [3.63, 3.8) is 0 Å². The molecule has 0 spiro atoms. The Morgan fingerprint density at radius 3 is 2.44 bits per heavy atom. The standard InChI is InChI=1S/C14H23N3O/c1-14(2,3)11-9-12(15)17(16-11)13(18)10-7-5-4-6-8-10/h9-10H,4-8,15H2,1-3H3. The van der Waals surface area contributed by atoms with Crippen LogP contribution in [-0.2, 0) is 5.41 Å². The van der Waals surface area contributed by atoms with Crippen molar-refractivity contribution in [2.75, 3.05) is 5.73 Å². The molecule has 0 bridgehead atoms. The summed E-state index contributed by atoms with van der Waals surface area (Å²) >= 11 is 0. The van der Waals surface area contributed by atoms with Crippen LogP contribution in [0.3, 0.4) is 0 Å². The number of nitrogens with zero attached hydrogens (tertiary/aromatic N) is 2. The molecule has 0 amide bonds. The first-order chi connectivity index (χ1) is 8.39. The fourth-order valence-electron chi connectivity index (χ4n) is 2.46. The Bertz CT molecular complexity index is 436. The molecule has 100 valence electrons. The summed E-state index contributed by atoms with van der Waals surface area (Å²) in [4.78, 5) is 12.4. The largest absolute Gasteiger partial charge is 0.383 e. The van der Waals surface area contributed by atoms with Crippen LogP contribution in [0.1, 0.15) is 63.4 Å². The fourth-order valence-corrected chi connectivity index (χ4v) is 2.46. The number of nitrogens with two attached hydrogens (primary N) is 1. The third-order valence-corrected chi connectivity index (χ3v) is 3.67. The maximum Gasteiger partial charge on any atom is 0.251 e. The van der Waals surface area contributed by atoms with Crippen molar-refractivity contribution in [1.82, 2.24) is 9.78 Å². The number of rotatable bonds is 1. The van der Waals surface area contributed by atoms with E-state index < -0.39 is 0 Å². The van der Waals surface area contributed by atoms with Crippen LogP contribution in [-0.4, -0.2) is 15.7 Å². The molecule has 1 saturated carbocycles. The Morgan fingerprint density at radius 2 is 1.94 bits per heavy atom. The summed E-state index contributed by atoms with van der Waals surface area (Å²) < 4.78 is 1.41. The summed E-state index contributed by atoms with van der Waals surface area (Å²) in [6, 6.07) is 1.82. The van der Waals surface area contributed by atoms with Crippen molar-refractivity contribution in [3.05, 3.63) is 11.8 Å². The van der Waals surface area contributed by atoms with E-state index in [1.54, 1.807) is 0 Å². The normalized spacial score (nSPS) is 17.9. The SMILES string of the molecule is CC(C)(C)c1cc(N)n(C(=O)C2CCCCC2)n1. The van der Waals surface area contributed by atoms with E-state index in [9.17, 15) is 4.79 Å². The number of aromatic nitrogens is 2. The molecule has 1 fully saturated rings. The summed E-state index contributed by atoms with van der Waals surface area (Å²) in [5.74, 6) is 0.645. The Morgan fingerprint density at radius 1 is 1.33 bits per heavy atom. The molecule has 1 aliphatic rings. The summed E-state index contributed by atoms with van der Waals surface area (Å²) in [6.07, 6.45) is 5.48. The lowest BCUT2D eigenvalue weighted by Gasteiger charge is -2.20. The number of hydrogen-bond acceptors (Lipinski definition) is 3. The predicted octanol–water partition coefficient (Wildman–Crippen LogP) is 2.98. The lowest BCUT2D eigenvalue weighted by molar-refractivity contribution is 0.0787. The molecule has 1 aromatic heterocycles. The van der Waals surface area contributed by atoms with Crippen LogP contribution >= 0.6 is 0 Å². The topological polar surface area (TPSA) is 60.9 Å². The van der Waals surface area contributed by atoms with E-state index in [4.69, 9.17) is 5.73 Å². The summed E-state index contributed by atoms with van der Waals surface area (Å²) in [5, 5.41) is 4.40. The molecule has 4 heteroatoms. The molecule has 18 heavy (non-hydrogen) atoms. The van der Waals surface area contributed by atoms with Crippen LogP contribution in [0, 0.1) is 5.92 Å². The third-order valence-electron chi connectivity index (χ3n) is 3.67. The highest BCUT2D eigenvalue weighted by Crippen LogP contribution is 2.27. The van der Waals surface area contributed by atoms with Crippen LogP contribution in [0.5, 0.6) is 0 Å². The quantitative estimate of drug-likeness (QED) is 0.832. The van der Waals surface area contributed by atoms with Gasteiger partial charge in [-0.1, -0.05) is 40.0 Å². The summed E-state index contributed by atoms with van der Waals surface area (Å²) in [5.41, 5.74) is 6.73. The Hall–Kier alpha value is -1.32. The van der Waals surface area contributed by atoms with Crippen molar-refractivity contribution in [1.29, 1.82) is 0 Å². The van der Waals surface area contributed by atoms with E-state index in [1.807, 2.05) is 6.07 Å². The van der Waals surface area contributed by atoms with Gasteiger partial charge in [0.25, 0.3) is 5.91 Å². The lowest BCUT2D eigenvalue weighted by Crippen LogP contribution is -2.26. The number of carbonyl (C=O) groups excluding carboxylic acids is 1. The smallest absolute Gasteiger partial charge is 0.251 e. The van der Waals surface area contributed by atoms with E-state index in [1.165, 1.54) is 11.1 Å². The minimum absolute atomic E-state index is 0.0719. The van der Waals surface area contributed by atoms with Crippen LogP contribution in [0.15, 0.2) is 6.07 Å². The highest BCUT2D eigenvalue weighted by atomic mass is 16.2. The molecule has 1 aromatic rings. The molecular weight excluding hydrogens is 226 g/mol. The van der Waals surface area contributed by atoms with Gasteiger partial charge in [-0.3, -0.25) is 4.79 Å². The second kappa shape index (κ2) is 4.75. The first-order valence-electron chi connectivity index (χ1n) is 6.80. The lowest BCUT2D eigenvalue weighted by atomic mass is 9.89. The Balaban J connectivity index is 2.22. The number of hydrogen-bond donors (Lipinski definition) is 1. The van der Waals surface area contributed by atoms with Gasteiger partial charge in [-0.15, -0.1) is 0 Å². The van der Waals surface area contributed by atoms with Gasteiger partial charge in [-0.05, 0) is 12.8 Å². The van der Waals surface area contributed by atoms with Gasteiger partial charge >= 0.3 is 0 Å². The molecule has 0 unspecified atom stereocenters. The van der Waals surface area contributed by atoms with Crippen molar-refractivity contribution >= 4 is 11.7 Å². The zero-order valence-corrected chi connectivity index (χ0v) is 11.6. The monoisotopic (exact) mass is 249 g/mol. The van der Waals surface area contributed by atoms with Crippen molar-refractivity contribution in [2.24, 2.45) is 5.92 Å². The Labute approximate surface area is 109 Å². The average molecular weight is 249 g/mol. The number of carbonyl (C=O) groups is 1. The fraction of sp³-hybridized carbons (Fsp3) is 0.714. The highest BCUT2D eigenvalue weighted by Gasteiger charge is 2.27. The van der Waals surface area contributed by atoms with E-state index >= 15 is 0 Å². The van der Waals surface area contributed by atoms with Crippen LogP contribution in [0.2, 0.25) is 0 Å². The van der Waals surface area contributed by atoms with Crippen molar-refractivity contribution < 1.29 is 4.79 Å². The van der Waals surface area contributed by atoms with E-state index in [2.05, 4.69) is 25.9 Å². The first kappa shape index (κ1) is 13.1. The first-order valence-corrected chi connectivity index (χ1v) is 6.80. The van der Waals surface area contributed by atoms with Crippen LogP contribution in [0.4, 0.5) is 5.82 Å². The molecule has 0 saturated heterocycles. The summed E-state index contributed by atoms with van der Waals surface area (Å²) in [6.45, 7) is 6.22. The molecule has 0 radical (unpaired) electrons. The zero-order valence-electron chi connectivity index (χ0n) is 11.6. The maximum atomic E-state index is 12.4. The molecule has 1 heterocycles. The van der Waals surface area contributed by atoms with Gasteiger partial charge < -0.3 is 5.73 Å². The minimum Gasteiger partial charge on any atom is -0.383 e. The zero-order chi connectivity index (χ0) is 13.3. The molecule has 4 nitrogen and oxygen atoms in total. The molecule has 2 rings (SSSR count). The van der Waals surface area contributed by atoms with Gasteiger partial charge in [-0.25, -0.2) is 0 Å². The van der Waals surface area contributed by atoms with Crippen LogP contribution in [0.25, 0.3) is 0 Å². The van der Waals surface area contributed by atoms with Crippen molar-refractivity contribution in [3.8, 4) is 0 Å². The molecule has 2 N–H and O–H groups in total. The van der Waals surface area contributed by atoms with E-state index in [0.29, 0.717) is 5.82 Å². The molecule has 0 aliphatic heterocycles. The Kier molecular flexibility index (Phi) is 3.46. The van der Waals surface area contributed by atoms with Gasteiger partial charge in [-0.2, -0.15) is 9.78 Å². The van der Waals surface area contributed by atoms with Gasteiger partial charge in [0.05, 0.1) is 5.69 Å². The maximum absolute atomic E-state index is 12.4. The number of nitrogen functional groups attached to an aromatic ring is 1. The van der Waals surface area contributed by atoms with E-state index in [0.717, 1.165) is 31.4 Å². The minimum atomic E-state index is -0.0772. The van der Waals surface area contributed by atoms with Gasteiger partial charge in [0.15, 0.2) is 0 Å². The molecule has 1 aliphatic carbocycles. The summed E-state index contributed by atoms with van der Waals surface area (Å²) in [7, 11) is 0. The van der Waals surface area contributed by atoms with Crippen LogP contribution < -0.4 is 5.73 Å². The number of anilines is 1. The van der Waals surface area contributed by atoms with Gasteiger partial charge in [0, 0.05) is 17.4 Å². The van der Waals surface area contributed by atoms with Crippen molar-refractivity contribution in [2.45, 2.75) is 58.3 Å². The molecule has 0 aromatic carbocycles. The van der Waals surface area contributed by atoms with Gasteiger partial charge in [0.2, 0.25) is 0 Å².